The molecule has 5 heteroatoms. The number of aromatic nitrogens is 2. The third-order valence-electron chi connectivity index (χ3n) is 3.15. The minimum absolute atomic E-state index is 0.651. The van der Waals surface area contributed by atoms with Crippen LogP contribution in [0.15, 0.2) is 54.7 Å². The first kappa shape index (κ1) is 14.3. The predicted octanol–water partition coefficient (Wildman–Crippen LogP) is 4.82. The van der Waals surface area contributed by atoms with Gasteiger partial charge in [-0.15, -0.1) is 0 Å². The number of hydrogen-bond acceptors (Lipinski definition) is 2. The lowest BCUT2D eigenvalue weighted by Crippen LogP contribution is -2.03. The monoisotopic (exact) mass is 300 g/mol. The Morgan fingerprint density at radius 3 is 2.18 bits per heavy atom. The van der Waals surface area contributed by atoms with Crippen molar-refractivity contribution < 1.29 is 13.2 Å². The van der Waals surface area contributed by atoms with E-state index in [0.29, 0.717) is 11.3 Å². The first-order valence-electron chi connectivity index (χ1n) is 6.59. The summed E-state index contributed by atoms with van der Waals surface area (Å²) in [5, 5.41) is 0. The molecular weight excluding hydrogens is 289 g/mol. The largest absolute Gasteiger partial charge is 0.416 e. The minimum Gasteiger partial charge on any atom is -0.252 e. The molecule has 0 saturated carbocycles. The maximum absolute atomic E-state index is 12.5. The molecule has 0 N–H and O–H groups in total. The summed E-state index contributed by atoms with van der Waals surface area (Å²) in [5.41, 5.74) is 2.24. The molecule has 2 nitrogen and oxygen atoms in total. The standard InChI is InChI=1S/C17H11F3N2/c18-17(19,20)13-8-5-12(6-9-13)7-10-14-11-21-15-3-1-2-4-16(15)22-14/h1-11H/b10-7+. The van der Waals surface area contributed by atoms with E-state index >= 15 is 0 Å². The van der Waals surface area contributed by atoms with Crippen LogP contribution in [0, 0.1) is 0 Å². The molecule has 110 valence electrons. The van der Waals surface area contributed by atoms with Gasteiger partial charge in [0.25, 0.3) is 0 Å². The summed E-state index contributed by atoms with van der Waals surface area (Å²) in [7, 11) is 0. The normalized spacial score (nSPS) is 12.1. The van der Waals surface area contributed by atoms with Gasteiger partial charge in [0.15, 0.2) is 0 Å². The maximum Gasteiger partial charge on any atom is 0.416 e. The summed E-state index contributed by atoms with van der Waals surface area (Å²) < 4.78 is 37.4. The average molecular weight is 300 g/mol. The van der Waals surface area contributed by atoms with E-state index in [1.165, 1.54) is 12.1 Å². The Balaban J connectivity index is 1.83. The highest BCUT2D eigenvalue weighted by molar-refractivity contribution is 5.76. The summed E-state index contributed by atoms with van der Waals surface area (Å²) in [4.78, 5) is 8.70. The topological polar surface area (TPSA) is 25.8 Å². The van der Waals surface area contributed by atoms with Crippen molar-refractivity contribution in [2.24, 2.45) is 0 Å². The fraction of sp³-hybridized carbons (Fsp3) is 0.0588. The number of benzene rings is 2. The number of rotatable bonds is 2. The summed E-state index contributed by atoms with van der Waals surface area (Å²) in [6.45, 7) is 0. The van der Waals surface area contributed by atoms with Crippen molar-refractivity contribution >= 4 is 23.2 Å². The number of para-hydroxylation sites is 2. The van der Waals surface area contributed by atoms with Gasteiger partial charge in [-0.25, -0.2) is 4.98 Å². The lowest BCUT2D eigenvalue weighted by atomic mass is 10.1. The van der Waals surface area contributed by atoms with E-state index in [4.69, 9.17) is 0 Å². The van der Waals surface area contributed by atoms with Gasteiger partial charge in [0.1, 0.15) is 0 Å². The van der Waals surface area contributed by atoms with Crippen LogP contribution in [-0.4, -0.2) is 9.97 Å². The van der Waals surface area contributed by atoms with E-state index in [1.807, 2.05) is 24.3 Å². The molecule has 3 aromatic rings. The third-order valence-corrected chi connectivity index (χ3v) is 3.15. The zero-order valence-electron chi connectivity index (χ0n) is 11.4. The van der Waals surface area contributed by atoms with Gasteiger partial charge in [-0.2, -0.15) is 13.2 Å². The number of nitrogens with zero attached hydrogens (tertiary/aromatic N) is 2. The second-order valence-electron chi connectivity index (χ2n) is 4.74. The Morgan fingerprint density at radius 1 is 0.818 bits per heavy atom. The molecule has 2 aromatic carbocycles. The van der Waals surface area contributed by atoms with Crippen LogP contribution in [-0.2, 0) is 6.18 Å². The Bertz CT molecular complexity index is 821. The zero-order chi connectivity index (χ0) is 15.6. The number of halogens is 3. The van der Waals surface area contributed by atoms with E-state index in [0.717, 1.165) is 23.2 Å². The molecule has 3 rings (SSSR count). The van der Waals surface area contributed by atoms with Gasteiger partial charge in [-0.3, -0.25) is 4.98 Å². The second-order valence-corrected chi connectivity index (χ2v) is 4.74. The van der Waals surface area contributed by atoms with Crippen molar-refractivity contribution in [3.63, 3.8) is 0 Å². The SMILES string of the molecule is FC(F)(F)c1ccc(/C=C/c2cnc3ccccc3n2)cc1. The van der Waals surface area contributed by atoms with Gasteiger partial charge in [0.05, 0.1) is 28.5 Å². The Kier molecular flexibility index (Phi) is 3.63. The number of fused-ring (bicyclic) bond motifs is 1. The summed E-state index contributed by atoms with van der Waals surface area (Å²) in [5.74, 6) is 0. The zero-order valence-corrected chi connectivity index (χ0v) is 11.4. The number of hydrogen-bond donors (Lipinski definition) is 0. The fourth-order valence-corrected chi connectivity index (χ4v) is 2.02. The molecule has 0 bridgehead atoms. The van der Waals surface area contributed by atoms with Crippen molar-refractivity contribution in [1.29, 1.82) is 0 Å². The Labute approximate surface area is 125 Å². The fourth-order valence-electron chi connectivity index (χ4n) is 2.02. The van der Waals surface area contributed by atoms with Gasteiger partial charge in [-0.05, 0) is 35.9 Å². The van der Waals surface area contributed by atoms with Crippen LogP contribution in [0.25, 0.3) is 23.2 Å². The molecule has 0 aliphatic rings. The molecule has 0 spiro atoms. The molecule has 0 unspecified atom stereocenters. The minimum atomic E-state index is -4.31. The summed E-state index contributed by atoms with van der Waals surface area (Å²) in [6, 6.07) is 12.5. The van der Waals surface area contributed by atoms with Crippen LogP contribution in [0.1, 0.15) is 16.8 Å². The molecule has 0 aliphatic carbocycles. The molecule has 22 heavy (non-hydrogen) atoms. The highest BCUT2D eigenvalue weighted by Gasteiger charge is 2.29. The van der Waals surface area contributed by atoms with Crippen LogP contribution < -0.4 is 0 Å². The highest BCUT2D eigenvalue weighted by Crippen LogP contribution is 2.29. The van der Waals surface area contributed by atoms with Crippen LogP contribution >= 0.6 is 0 Å². The number of alkyl halides is 3. The molecule has 0 amide bonds. The van der Waals surface area contributed by atoms with Gasteiger partial charge in [-0.1, -0.05) is 30.3 Å². The molecule has 0 fully saturated rings. The molecule has 0 atom stereocenters. The smallest absolute Gasteiger partial charge is 0.252 e. The maximum atomic E-state index is 12.5. The third kappa shape index (κ3) is 3.14. The predicted molar refractivity (Wildman–Crippen MR) is 79.9 cm³/mol. The van der Waals surface area contributed by atoms with Gasteiger partial charge in [0.2, 0.25) is 0 Å². The van der Waals surface area contributed by atoms with Crippen LogP contribution in [0.3, 0.4) is 0 Å². The van der Waals surface area contributed by atoms with Crippen molar-refractivity contribution in [2.45, 2.75) is 6.18 Å². The molecule has 1 heterocycles. The van der Waals surface area contributed by atoms with Gasteiger partial charge >= 0.3 is 6.18 Å². The van der Waals surface area contributed by atoms with Gasteiger partial charge in [0, 0.05) is 0 Å². The first-order chi connectivity index (χ1) is 10.5. The molecule has 0 radical (unpaired) electrons. The van der Waals surface area contributed by atoms with Crippen LogP contribution in [0.5, 0.6) is 0 Å². The molecule has 0 aliphatic heterocycles. The lowest BCUT2D eigenvalue weighted by molar-refractivity contribution is -0.137. The quantitative estimate of drug-likeness (QED) is 0.678. The molecule has 1 aromatic heterocycles. The van der Waals surface area contributed by atoms with Crippen molar-refractivity contribution in [2.75, 3.05) is 0 Å². The summed E-state index contributed by atoms with van der Waals surface area (Å²) >= 11 is 0. The Morgan fingerprint density at radius 2 is 1.50 bits per heavy atom. The van der Waals surface area contributed by atoms with Crippen LogP contribution in [0.2, 0.25) is 0 Å². The molecule has 0 saturated heterocycles. The van der Waals surface area contributed by atoms with Crippen molar-refractivity contribution in [3.8, 4) is 0 Å². The van der Waals surface area contributed by atoms with E-state index in [2.05, 4.69) is 9.97 Å². The van der Waals surface area contributed by atoms with Crippen molar-refractivity contribution in [3.05, 3.63) is 71.5 Å². The lowest BCUT2D eigenvalue weighted by Gasteiger charge is -2.05. The van der Waals surface area contributed by atoms with Crippen molar-refractivity contribution in [1.82, 2.24) is 9.97 Å². The van der Waals surface area contributed by atoms with Gasteiger partial charge < -0.3 is 0 Å². The van der Waals surface area contributed by atoms with E-state index in [9.17, 15) is 13.2 Å². The summed E-state index contributed by atoms with van der Waals surface area (Å²) in [6.07, 6.45) is 0.746. The highest BCUT2D eigenvalue weighted by atomic mass is 19.4. The van der Waals surface area contributed by atoms with E-state index in [1.54, 1.807) is 18.3 Å². The first-order valence-corrected chi connectivity index (χ1v) is 6.59. The average Bonchev–Trinajstić information content (AvgIpc) is 2.52. The van der Waals surface area contributed by atoms with E-state index in [-0.39, 0.29) is 0 Å². The molecular formula is C17H11F3N2. The second kappa shape index (κ2) is 5.60. The Hall–Kier alpha value is -2.69. The van der Waals surface area contributed by atoms with E-state index < -0.39 is 11.7 Å². The van der Waals surface area contributed by atoms with Crippen LogP contribution in [0.4, 0.5) is 13.2 Å².